The van der Waals surface area contributed by atoms with Crippen molar-refractivity contribution in [1.29, 1.82) is 0 Å². The van der Waals surface area contributed by atoms with E-state index in [9.17, 15) is 4.79 Å². The number of carbonyl (C=O) groups is 1. The highest BCUT2D eigenvalue weighted by atomic mass is 16.2. The number of amides is 1. The Morgan fingerprint density at radius 2 is 1.86 bits per heavy atom. The van der Waals surface area contributed by atoms with Gasteiger partial charge in [-0.15, -0.1) is 0 Å². The minimum absolute atomic E-state index is 0.182. The number of likely N-dealkylation sites (tertiary alicyclic amines) is 1. The number of rotatable bonds is 4. The highest BCUT2D eigenvalue weighted by Crippen LogP contribution is 2.37. The Kier molecular flexibility index (Phi) is 5.31. The van der Waals surface area contributed by atoms with Crippen LogP contribution in [0.4, 0.5) is 0 Å². The Bertz CT molecular complexity index is 369. The van der Waals surface area contributed by atoms with Gasteiger partial charge in [-0.3, -0.25) is 4.79 Å². The van der Waals surface area contributed by atoms with Crippen molar-refractivity contribution in [2.75, 3.05) is 13.6 Å². The Morgan fingerprint density at radius 3 is 2.33 bits per heavy atom. The molecule has 1 saturated heterocycles. The Hall–Kier alpha value is -0.610. The molecule has 0 bridgehead atoms. The molecule has 0 aromatic carbocycles. The maximum atomic E-state index is 12.3. The van der Waals surface area contributed by atoms with Crippen molar-refractivity contribution < 1.29 is 4.79 Å². The van der Waals surface area contributed by atoms with Gasteiger partial charge < -0.3 is 15.5 Å². The van der Waals surface area contributed by atoms with E-state index in [0.717, 1.165) is 19.4 Å². The highest BCUT2D eigenvalue weighted by Gasteiger charge is 2.42. The molecule has 1 aliphatic heterocycles. The van der Waals surface area contributed by atoms with Crippen molar-refractivity contribution in [3.63, 3.8) is 0 Å². The molecular weight excluding hydrogens is 262 g/mol. The third-order valence-electron chi connectivity index (χ3n) is 5.76. The quantitative estimate of drug-likeness (QED) is 0.864. The second-order valence-corrected chi connectivity index (χ2v) is 7.63. The molecule has 2 fully saturated rings. The van der Waals surface area contributed by atoms with Crippen LogP contribution in [0.5, 0.6) is 0 Å². The second-order valence-electron chi connectivity index (χ2n) is 7.63. The van der Waals surface area contributed by atoms with Crippen molar-refractivity contribution in [3.8, 4) is 0 Å². The van der Waals surface area contributed by atoms with Gasteiger partial charge in [-0.25, -0.2) is 0 Å². The van der Waals surface area contributed by atoms with Gasteiger partial charge >= 0.3 is 0 Å². The van der Waals surface area contributed by atoms with Gasteiger partial charge in [0.15, 0.2) is 0 Å². The zero-order valence-corrected chi connectivity index (χ0v) is 14.4. The molecule has 122 valence electrons. The molecule has 4 atom stereocenters. The van der Waals surface area contributed by atoms with E-state index in [1.54, 1.807) is 0 Å². The minimum Gasteiger partial charge on any atom is -0.338 e. The first-order valence-electron chi connectivity index (χ1n) is 8.61. The molecule has 1 heterocycles. The molecule has 2 rings (SSSR count). The van der Waals surface area contributed by atoms with Crippen molar-refractivity contribution in [2.24, 2.45) is 17.6 Å². The predicted octanol–water partition coefficient (Wildman–Crippen LogP) is 2.08. The van der Waals surface area contributed by atoms with Crippen molar-refractivity contribution in [2.45, 2.75) is 77.5 Å². The summed E-state index contributed by atoms with van der Waals surface area (Å²) in [5.74, 6) is 1.39. The molecule has 1 unspecified atom stereocenters. The smallest absolute Gasteiger partial charge is 0.239 e. The molecule has 0 aromatic heterocycles. The van der Waals surface area contributed by atoms with E-state index in [4.69, 9.17) is 5.73 Å². The Labute approximate surface area is 130 Å². The van der Waals surface area contributed by atoms with Crippen LogP contribution in [0.1, 0.15) is 53.4 Å². The summed E-state index contributed by atoms with van der Waals surface area (Å²) >= 11 is 0. The fourth-order valence-corrected chi connectivity index (χ4v) is 4.12. The van der Waals surface area contributed by atoms with Crippen LogP contribution in [0.25, 0.3) is 0 Å². The van der Waals surface area contributed by atoms with Crippen molar-refractivity contribution in [3.05, 3.63) is 0 Å². The van der Waals surface area contributed by atoms with Crippen LogP contribution in [-0.2, 0) is 4.79 Å². The number of carbonyl (C=O) groups excluding carboxylic acids is 1. The lowest BCUT2D eigenvalue weighted by Gasteiger charge is -2.46. The normalized spacial score (nSPS) is 34.5. The lowest BCUT2D eigenvalue weighted by atomic mass is 9.74. The molecule has 4 nitrogen and oxygen atoms in total. The van der Waals surface area contributed by atoms with Gasteiger partial charge in [0.05, 0.1) is 6.04 Å². The number of hydrogen-bond donors (Lipinski definition) is 1. The average molecular weight is 295 g/mol. The van der Waals surface area contributed by atoms with E-state index < -0.39 is 0 Å². The standard InChI is InChI=1S/C17H33N3O/c1-11(2)14-10-13(19(5)12(3)4)6-7-16(14)20-9-8-15(18)17(20)21/h11-16H,6-10,18H2,1-5H3/t13-,14-,15?,16-/m0/s1. The van der Waals surface area contributed by atoms with E-state index in [1.165, 1.54) is 12.8 Å². The summed E-state index contributed by atoms with van der Waals surface area (Å²) in [6.45, 7) is 9.99. The Balaban J connectivity index is 2.09. The first-order valence-corrected chi connectivity index (χ1v) is 8.61. The summed E-state index contributed by atoms with van der Waals surface area (Å²) < 4.78 is 0. The van der Waals surface area contributed by atoms with Crippen LogP contribution < -0.4 is 5.73 Å². The van der Waals surface area contributed by atoms with E-state index in [0.29, 0.717) is 30.0 Å². The van der Waals surface area contributed by atoms with Crippen LogP contribution in [-0.4, -0.2) is 53.5 Å². The van der Waals surface area contributed by atoms with E-state index in [-0.39, 0.29) is 11.9 Å². The molecule has 2 N–H and O–H groups in total. The molecule has 1 amide bonds. The van der Waals surface area contributed by atoms with Crippen LogP contribution in [0.3, 0.4) is 0 Å². The zero-order valence-electron chi connectivity index (χ0n) is 14.4. The van der Waals surface area contributed by atoms with Crippen LogP contribution in [0.2, 0.25) is 0 Å². The summed E-state index contributed by atoms with van der Waals surface area (Å²) in [4.78, 5) is 16.9. The number of nitrogens with two attached hydrogens (primary N) is 1. The number of nitrogens with zero attached hydrogens (tertiary/aromatic N) is 2. The maximum Gasteiger partial charge on any atom is 0.239 e. The lowest BCUT2D eigenvalue weighted by molar-refractivity contribution is -0.133. The molecular formula is C17H33N3O. The highest BCUT2D eigenvalue weighted by molar-refractivity contribution is 5.84. The van der Waals surface area contributed by atoms with Gasteiger partial charge in [-0.05, 0) is 58.4 Å². The molecule has 1 aliphatic carbocycles. The first kappa shape index (κ1) is 16.8. The van der Waals surface area contributed by atoms with Crippen LogP contribution in [0, 0.1) is 11.8 Å². The van der Waals surface area contributed by atoms with Gasteiger partial charge in [0.1, 0.15) is 0 Å². The first-order chi connectivity index (χ1) is 9.82. The predicted molar refractivity (Wildman–Crippen MR) is 87.0 cm³/mol. The van der Waals surface area contributed by atoms with Gasteiger partial charge in [-0.1, -0.05) is 13.8 Å². The number of hydrogen-bond acceptors (Lipinski definition) is 3. The van der Waals surface area contributed by atoms with E-state index >= 15 is 0 Å². The van der Waals surface area contributed by atoms with Crippen LogP contribution >= 0.6 is 0 Å². The third-order valence-corrected chi connectivity index (χ3v) is 5.76. The molecule has 1 saturated carbocycles. The lowest BCUT2D eigenvalue weighted by Crippen LogP contribution is -2.52. The monoisotopic (exact) mass is 295 g/mol. The topological polar surface area (TPSA) is 49.6 Å². The Morgan fingerprint density at radius 1 is 1.19 bits per heavy atom. The summed E-state index contributed by atoms with van der Waals surface area (Å²) in [5, 5.41) is 0. The van der Waals surface area contributed by atoms with Gasteiger partial charge in [-0.2, -0.15) is 0 Å². The summed E-state index contributed by atoms with van der Waals surface area (Å²) in [6, 6.07) is 1.39. The largest absolute Gasteiger partial charge is 0.338 e. The fourth-order valence-electron chi connectivity index (χ4n) is 4.12. The van der Waals surface area contributed by atoms with Crippen LogP contribution in [0.15, 0.2) is 0 Å². The minimum atomic E-state index is -0.256. The molecule has 4 heteroatoms. The fraction of sp³-hybridized carbons (Fsp3) is 0.941. The molecule has 0 radical (unpaired) electrons. The van der Waals surface area contributed by atoms with Crippen molar-refractivity contribution >= 4 is 5.91 Å². The average Bonchev–Trinajstić information content (AvgIpc) is 2.77. The SMILES string of the molecule is CC(C)[C@@H]1C[C@@H](N(C)C(C)C)CC[C@@H]1N1CCC(N)C1=O. The molecule has 0 spiro atoms. The summed E-state index contributed by atoms with van der Waals surface area (Å²) in [6.07, 6.45) is 4.36. The maximum absolute atomic E-state index is 12.3. The second kappa shape index (κ2) is 6.66. The molecule has 21 heavy (non-hydrogen) atoms. The zero-order chi connectivity index (χ0) is 15.7. The van der Waals surface area contributed by atoms with E-state index in [1.807, 2.05) is 0 Å². The molecule has 0 aromatic rings. The molecule has 2 aliphatic rings. The van der Waals surface area contributed by atoms with Gasteiger partial charge in [0, 0.05) is 24.7 Å². The van der Waals surface area contributed by atoms with Crippen molar-refractivity contribution in [1.82, 2.24) is 9.80 Å². The third kappa shape index (κ3) is 3.42. The van der Waals surface area contributed by atoms with Gasteiger partial charge in [0.2, 0.25) is 5.91 Å². The summed E-state index contributed by atoms with van der Waals surface area (Å²) in [7, 11) is 2.24. The van der Waals surface area contributed by atoms with Gasteiger partial charge in [0.25, 0.3) is 0 Å². The summed E-state index contributed by atoms with van der Waals surface area (Å²) in [5.41, 5.74) is 5.91. The van der Waals surface area contributed by atoms with E-state index in [2.05, 4.69) is 44.5 Å².